The first-order chi connectivity index (χ1) is 7.88. The van der Waals surface area contributed by atoms with Crippen molar-refractivity contribution in [3.63, 3.8) is 0 Å². The van der Waals surface area contributed by atoms with Crippen molar-refractivity contribution in [1.82, 2.24) is 4.98 Å². The van der Waals surface area contributed by atoms with Crippen LogP contribution in [0.1, 0.15) is 17.7 Å². The molecule has 3 nitrogen and oxygen atoms in total. The molecule has 1 aliphatic heterocycles. The summed E-state index contributed by atoms with van der Waals surface area (Å²) in [5.74, 6) is 0.573. The van der Waals surface area contributed by atoms with Gasteiger partial charge in [-0.1, -0.05) is 0 Å². The number of hydrogen-bond donors (Lipinski definition) is 1. The van der Waals surface area contributed by atoms with Gasteiger partial charge in [0.2, 0.25) is 0 Å². The minimum absolute atomic E-state index is 0.00970. The van der Waals surface area contributed by atoms with Crippen molar-refractivity contribution >= 4 is 5.82 Å². The van der Waals surface area contributed by atoms with Gasteiger partial charge < -0.3 is 10.6 Å². The molecule has 0 radical (unpaired) electrons. The molecule has 2 N–H and O–H groups in total. The second-order valence-corrected chi connectivity index (χ2v) is 4.29. The molecular formula is C11H14F3N3. The Morgan fingerprint density at radius 1 is 1.41 bits per heavy atom. The highest BCUT2D eigenvalue weighted by Gasteiger charge is 2.33. The second-order valence-electron chi connectivity index (χ2n) is 4.29. The highest BCUT2D eigenvalue weighted by atomic mass is 19.4. The van der Waals surface area contributed by atoms with E-state index >= 15 is 0 Å². The van der Waals surface area contributed by atoms with E-state index in [4.69, 9.17) is 5.73 Å². The number of nitrogens with zero attached hydrogens (tertiary/aromatic N) is 2. The number of rotatable bonds is 1. The van der Waals surface area contributed by atoms with Crippen LogP contribution in [0.4, 0.5) is 19.0 Å². The number of pyridine rings is 1. The summed E-state index contributed by atoms with van der Waals surface area (Å²) in [6, 6.07) is 2.58. The fourth-order valence-corrected chi connectivity index (χ4v) is 2.02. The van der Waals surface area contributed by atoms with Crippen LogP contribution < -0.4 is 10.6 Å². The molecule has 1 aromatic heterocycles. The van der Waals surface area contributed by atoms with E-state index in [1.54, 1.807) is 0 Å². The van der Waals surface area contributed by atoms with Gasteiger partial charge in [-0.05, 0) is 25.5 Å². The Kier molecular flexibility index (Phi) is 2.99. The summed E-state index contributed by atoms with van der Waals surface area (Å²) in [5, 5.41) is 0. The molecule has 1 aliphatic rings. The second kappa shape index (κ2) is 4.18. The third kappa shape index (κ3) is 2.52. The van der Waals surface area contributed by atoms with E-state index in [0.29, 0.717) is 12.4 Å². The fraction of sp³-hybridized carbons (Fsp3) is 0.545. The van der Waals surface area contributed by atoms with Gasteiger partial charge in [0.1, 0.15) is 5.82 Å². The van der Waals surface area contributed by atoms with Crippen LogP contribution in [-0.4, -0.2) is 24.1 Å². The van der Waals surface area contributed by atoms with Crippen LogP contribution in [0, 0.1) is 6.92 Å². The average molecular weight is 245 g/mol. The SMILES string of the molecule is Cc1nc(N2CCC(N)C2)ccc1C(F)(F)F. The van der Waals surface area contributed by atoms with Gasteiger partial charge in [0, 0.05) is 19.1 Å². The molecule has 1 aromatic rings. The molecule has 1 fully saturated rings. The van der Waals surface area contributed by atoms with Gasteiger partial charge in [0.05, 0.1) is 11.3 Å². The van der Waals surface area contributed by atoms with Gasteiger partial charge in [-0.2, -0.15) is 13.2 Å². The van der Waals surface area contributed by atoms with Gasteiger partial charge >= 0.3 is 6.18 Å². The maximum absolute atomic E-state index is 12.5. The van der Waals surface area contributed by atoms with Crippen LogP contribution in [0.2, 0.25) is 0 Å². The Morgan fingerprint density at radius 3 is 2.59 bits per heavy atom. The van der Waals surface area contributed by atoms with E-state index in [0.717, 1.165) is 19.0 Å². The van der Waals surface area contributed by atoms with Crippen LogP contribution >= 0.6 is 0 Å². The van der Waals surface area contributed by atoms with E-state index in [2.05, 4.69) is 4.98 Å². The summed E-state index contributed by atoms with van der Waals surface area (Å²) in [5.41, 5.74) is 5.08. The zero-order valence-corrected chi connectivity index (χ0v) is 9.46. The number of aromatic nitrogens is 1. The monoisotopic (exact) mass is 245 g/mol. The maximum Gasteiger partial charge on any atom is 0.418 e. The highest BCUT2D eigenvalue weighted by Crippen LogP contribution is 2.32. The van der Waals surface area contributed by atoms with Crippen molar-refractivity contribution < 1.29 is 13.2 Å². The molecule has 0 aliphatic carbocycles. The highest BCUT2D eigenvalue weighted by molar-refractivity contribution is 5.43. The Hall–Kier alpha value is -1.30. The van der Waals surface area contributed by atoms with Crippen LogP contribution in [-0.2, 0) is 6.18 Å². The van der Waals surface area contributed by atoms with Crippen LogP contribution in [0.25, 0.3) is 0 Å². The fourth-order valence-electron chi connectivity index (χ4n) is 2.02. The number of aryl methyl sites for hydroxylation is 1. The summed E-state index contributed by atoms with van der Waals surface area (Å²) in [7, 11) is 0. The summed E-state index contributed by atoms with van der Waals surface area (Å²) in [6.45, 7) is 2.78. The van der Waals surface area contributed by atoms with Crippen molar-refractivity contribution in [3.8, 4) is 0 Å². The number of anilines is 1. The lowest BCUT2D eigenvalue weighted by Gasteiger charge is -2.18. The molecule has 0 saturated carbocycles. The van der Waals surface area contributed by atoms with Crippen molar-refractivity contribution in [2.24, 2.45) is 5.73 Å². The Morgan fingerprint density at radius 2 is 2.12 bits per heavy atom. The lowest BCUT2D eigenvalue weighted by molar-refractivity contribution is -0.138. The zero-order chi connectivity index (χ0) is 12.6. The van der Waals surface area contributed by atoms with Crippen LogP contribution in [0.15, 0.2) is 12.1 Å². The molecule has 1 unspecified atom stereocenters. The first-order valence-corrected chi connectivity index (χ1v) is 5.43. The molecule has 17 heavy (non-hydrogen) atoms. The first kappa shape index (κ1) is 12.2. The number of halogens is 3. The topological polar surface area (TPSA) is 42.2 Å². The van der Waals surface area contributed by atoms with Crippen LogP contribution in [0.5, 0.6) is 0 Å². The molecule has 1 atom stereocenters. The largest absolute Gasteiger partial charge is 0.418 e. The third-order valence-corrected chi connectivity index (χ3v) is 2.93. The molecule has 0 aromatic carbocycles. The molecule has 6 heteroatoms. The smallest absolute Gasteiger partial charge is 0.355 e. The number of hydrogen-bond acceptors (Lipinski definition) is 3. The quantitative estimate of drug-likeness (QED) is 0.822. The lowest BCUT2D eigenvalue weighted by atomic mass is 10.2. The molecule has 0 amide bonds. The summed E-state index contributed by atoms with van der Waals surface area (Å²) < 4.78 is 37.6. The van der Waals surface area contributed by atoms with Crippen molar-refractivity contribution in [1.29, 1.82) is 0 Å². The minimum atomic E-state index is -4.34. The predicted molar refractivity (Wildman–Crippen MR) is 58.8 cm³/mol. The van der Waals surface area contributed by atoms with Gasteiger partial charge in [0.25, 0.3) is 0 Å². The van der Waals surface area contributed by atoms with E-state index in [9.17, 15) is 13.2 Å². The molecule has 1 saturated heterocycles. The van der Waals surface area contributed by atoms with Crippen molar-refractivity contribution in [2.45, 2.75) is 25.6 Å². The van der Waals surface area contributed by atoms with E-state index in [1.807, 2.05) is 4.90 Å². The Labute approximate surface area is 97.4 Å². The van der Waals surface area contributed by atoms with Gasteiger partial charge in [0.15, 0.2) is 0 Å². The first-order valence-electron chi connectivity index (χ1n) is 5.43. The molecule has 2 rings (SSSR count). The van der Waals surface area contributed by atoms with Gasteiger partial charge in [-0.25, -0.2) is 4.98 Å². The summed E-state index contributed by atoms with van der Waals surface area (Å²) >= 11 is 0. The Balaban J connectivity index is 2.25. The van der Waals surface area contributed by atoms with Crippen molar-refractivity contribution in [3.05, 3.63) is 23.4 Å². The number of nitrogens with two attached hydrogens (primary N) is 1. The van der Waals surface area contributed by atoms with Crippen LogP contribution in [0.3, 0.4) is 0 Å². The van der Waals surface area contributed by atoms with E-state index in [1.165, 1.54) is 13.0 Å². The van der Waals surface area contributed by atoms with E-state index < -0.39 is 11.7 Å². The average Bonchev–Trinajstić information content (AvgIpc) is 2.62. The lowest BCUT2D eigenvalue weighted by Crippen LogP contribution is -2.27. The standard InChI is InChI=1S/C11H14F3N3/c1-7-9(11(12,13)14)2-3-10(16-7)17-5-4-8(15)6-17/h2-3,8H,4-6,15H2,1H3. The summed E-state index contributed by atoms with van der Waals surface area (Å²) in [6.07, 6.45) is -3.49. The van der Waals surface area contributed by atoms with Gasteiger partial charge in [-0.15, -0.1) is 0 Å². The van der Waals surface area contributed by atoms with E-state index in [-0.39, 0.29) is 11.7 Å². The third-order valence-electron chi connectivity index (χ3n) is 2.93. The molecular weight excluding hydrogens is 231 g/mol. The van der Waals surface area contributed by atoms with Gasteiger partial charge in [-0.3, -0.25) is 0 Å². The van der Waals surface area contributed by atoms with Crippen molar-refractivity contribution in [2.75, 3.05) is 18.0 Å². The summed E-state index contributed by atoms with van der Waals surface area (Å²) in [4.78, 5) is 5.92. The maximum atomic E-state index is 12.5. The predicted octanol–water partition coefficient (Wildman–Crippen LogP) is 1.95. The normalized spacial score (nSPS) is 21.0. The molecule has 0 spiro atoms. The minimum Gasteiger partial charge on any atom is -0.355 e. The molecule has 2 heterocycles. The Bertz CT molecular complexity index is 417. The molecule has 94 valence electrons. The zero-order valence-electron chi connectivity index (χ0n) is 9.46. The number of alkyl halides is 3. The molecule has 0 bridgehead atoms.